The molecule has 136 valence electrons. The van der Waals surface area contributed by atoms with Gasteiger partial charge in [0, 0.05) is 24.0 Å². The fraction of sp³-hybridized carbons (Fsp3) is 0.350. The van der Waals surface area contributed by atoms with Gasteiger partial charge in [-0.05, 0) is 63.9 Å². The van der Waals surface area contributed by atoms with E-state index in [1.807, 2.05) is 50.0 Å². The zero-order chi connectivity index (χ0) is 18.7. The van der Waals surface area contributed by atoms with Crippen LogP contribution in [0.15, 0.2) is 36.8 Å². The smallest absolute Gasteiger partial charge is 0.227 e. The summed E-state index contributed by atoms with van der Waals surface area (Å²) in [5.41, 5.74) is 4.94. The molecule has 2 aromatic heterocycles. The molecule has 0 aliphatic heterocycles. The van der Waals surface area contributed by atoms with Gasteiger partial charge in [0.2, 0.25) is 5.95 Å². The summed E-state index contributed by atoms with van der Waals surface area (Å²) < 4.78 is 7.52. The number of benzene rings is 1. The number of hydrogen-bond donors (Lipinski definition) is 1. The fourth-order valence-corrected chi connectivity index (χ4v) is 2.72. The number of anilines is 2. The van der Waals surface area contributed by atoms with Crippen LogP contribution in [0.2, 0.25) is 0 Å². The van der Waals surface area contributed by atoms with Crippen LogP contribution in [-0.2, 0) is 0 Å². The van der Waals surface area contributed by atoms with Gasteiger partial charge in [0.05, 0.1) is 24.2 Å². The van der Waals surface area contributed by atoms with Gasteiger partial charge in [-0.15, -0.1) is 0 Å². The molecule has 0 saturated carbocycles. The molecule has 1 N–H and O–H groups in total. The predicted molar refractivity (Wildman–Crippen MR) is 104 cm³/mol. The molecular formula is C20H25N5O. The lowest BCUT2D eigenvalue weighted by atomic mass is 10.0. The van der Waals surface area contributed by atoms with Crippen molar-refractivity contribution in [3.63, 3.8) is 0 Å². The van der Waals surface area contributed by atoms with Crippen LogP contribution in [-0.4, -0.2) is 26.4 Å². The number of aromatic nitrogens is 4. The Morgan fingerprint density at radius 2 is 1.96 bits per heavy atom. The van der Waals surface area contributed by atoms with Crippen molar-refractivity contribution in [2.75, 3.05) is 11.9 Å². The van der Waals surface area contributed by atoms with Crippen molar-refractivity contribution in [2.24, 2.45) is 0 Å². The van der Waals surface area contributed by atoms with Crippen molar-refractivity contribution in [3.8, 4) is 17.0 Å². The van der Waals surface area contributed by atoms with E-state index in [2.05, 4.69) is 35.3 Å². The Kier molecular flexibility index (Phi) is 5.21. The second kappa shape index (κ2) is 7.56. The molecule has 0 bridgehead atoms. The first-order chi connectivity index (χ1) is 12.5. The average molecular weight is 351 g/mol. The summed E-state index contributed by atoms with van der Waals surface area (Å²) in [6.07, 6.45) is 5.57. The third kappa shape index (κ3) is 3.85. The van der Waals surface area contributed by atoms with Crippen molar-refractivity contribution in [2.45, 2.75) is 40.7 Å². The number of nitrogens with zero attached hydrogens (tertiary/aromatic N) is 4. The van der Waals surface area contributed by atoms with Crippen molar-refractivity contribution in [1.29, 1.82) is 0 Å². The first-order valence-electron chi connectivity index (χ1n) is 8.86. The molecule has 0 unspecified atom stereocenters. The van der Waals surface area contributed by atoms with Crippen LogP contribution in [0.4, 0.5) is 11.6 Å². The zero-order valence-corrected chi connectivity index (χ0v) is 15.9. The monoisotopic (exact) mass is 351 g/mol. The molecule has 0 fully saturated rings. The molecule has 3 aromatic rings. The number of aryl methyl sites for hydroxylation is 2. The van der Waals surface area contributed by atoms with E-state index in [0.717, 1.165) is 33.8 Å². The highest BCUT2D eigenvalue weighted by Gasteiger charge is 2.10. The van der Waals surface area contributed by atoms with Gasteiger partial charge in [0.25, 0.3) is 0 Å². The van der Waals surface area contributed by atoms with E-state index in [0.29, 0.717) is 18.6 Å². The normalized spacial score (nSPS) is 11.0. The molecule has 0 spiro atoms. The van der Waals surface area contributed by atoms with Crippen LogP contribution >= 0.6 is 0 Å². The van der Waals surface area contributed by atoms with E-state index in [-0.39, 0.29) is 0 Å². The lowest BCUT2D eigenvalue weighted by Crippen LogP contribution is -2.01. The van der Waals surface area contributed by atoms with Gasteiger partial charge in [-0.3, -0.25) is 4.68 Å². The van der Waals surface area contributed by atoms with E-state index in [1.54, 1.807) is 6.20 Å². The number of rotatable bonds is 6. The first kappa shape index (κ1) is 17.9. The molecule has 0 radical (unpaired) electrons. The van der Waals surface area contributed by atoms with E-state index in [9.17, 15) is 0 Å². The van der Waals surface area contributed by atoms with Crippen LogP contribution in [0.25, 0.3) is 11.3 Å². The van der Waals surface area contributed by atoms with Gasteiger partial charge in [0.15, 0.2) is 0 Å². The molecule has 0 amide bonds. The van der Waals surface area contributed by atoms with Crippen molar-refractivity contribution >= 4 is 11.6 Å². The number of nitrogens with one attached hydrogen (secondary N) is 1. The summed E-state index contributed by atoms with van der Waals surface area (Å²) in [6, 6.07) is 6.44. The van der Waals surface area contributed by atoms with Crippen molar-refractivity contribution < 1.29 is 4.74 Å². The largest absolute Gasteiger partial charge is 0.494 e. The Morgan fingerprint density at radius 1 is 1.15 bits per heavy atom. The minimum atomic E-state index is 0.312. The van der Waals surface area contributed by atoms with Crippen LogP contribution in [0.3, 0.4) is 0 Å². The minimum Gasteiger partial charge on any atom is -0.494 e. The Labute approximate surface area is 154 Å². The lowest BCUT2D eigenvalue weighted by molar-refractivity contribution is 0.338. The van der Waals surface area contributed by atoms with Gasteiger partial charge in [-0.2, -0.15) is 5.10 Å². The van der Waals surface area contributed by atoms with Crippen molar-refractivity contribution in [1.82, 2.24) is 19.7 Å². The highest BCUT2D eigenvalue weighted by atomic mass is 16.5. The zero-order valence-electron chi connectivity index (χ0n) is 15.9. The van der Waals surface area contributed by atoms with Gasteiger partial charge in [-0.1, -0.05) is 0 Å². The van der Waals surface area contributed by atoms with E-state index in [4.69, 9.17) is 9.72 Å². The Morgan fingerprint density at radius 3 is 2.62 bits per heavy atom. The third-order valence-corrected chi connectivity index (χ3v) is 4.11. The lowest BCUT2D eigenvalue weighted by Gasteiger charge is -2.11. The SMILES string of the molecule is CCOc1ccc(-c2nc(Nc3cnn(C(C)C)c3)ncc2C)cc1C. The summed E-state index contributed by atoms with van der Waals surface area (Å²) in [5, 5.41) is 7.57. The maximum Gasteiger partial charge on any atom is 0.227 e. The fourth-order valence-electron chi connectivity index (χ4n) is 2.72. The maximum atomic E-state index is 5.63. The van der Waals surface area contributed by atoms with Crippen LogP contribution < -0.4 is 10.1 Å². The topological polar surface area (TPSA) is 64.9 Å². The van der Waals surface area contributed by atoms with E-state index < -0.39 is 0 Å². The molecule has 1 aromatic carbocycles. The quantitative estimate of drug-likeness (QED) is 0.698. The van der Waals surface area contributed by atoms with E-state index >= 15 is 0 Å². The molecule has 0 saturated heterocycles. The molecule has 0 aliphatic carbocycles. The third-order valence-electron chi connectivity index (χ3n) is 4.11. The van der Waals surface area contributed by atoms with Crippen LogP contribution in [0.5, 0.6) is 5.75 Å². The Balaban J connectivity index is 1.88. The summed E-state index contributed by atoms with van der Waals surface area (Å²) >= 11 is 0. The second-order valence-corrected chi connectivity index (χ2v) is 6.57. The number of hydrogen-bond acceptors (Lipinski definition) is 5. The van der Waals surface area contributed by atoms with Crippen LogP contribution in [0.1, 0.15) is 37.9 Å². The molecule has 0 aliphatic rings. The molecule has 3 rings (SSSR count). The molecular weight excluding hydrogens is 326 g/mol. The maximum absolute atomic E-state index is 5.63. The van der Waals surface area contributed by atoms with Crippen molar-refractivity contribution in [3.05, 3.63) is 47.9 Å². The average Bonchev–Trinajstić information content (AvgIpc) is 3.07. The minimum absolute atomic E-state index is 0.312. The van der Waals surface area contributed by atoms with Gasteiger partial charge < -0.3 is 10.1 Å². The Hall–Kier alpha value is -2.89. The highest BCUT2D eigenvalue weighted by Crippen LogP contribution is 2.28. The molecule has 26 heavy (non-hydrogen) atoms. The summed E-state index contributed by atoms with van der Waals surface area (Å²) in [5.74, 6) is 1.46. The molecule has 2 heterocycles. The van der Waals surface area contributed by atoms with Gasteiger partial charge in [0.1, 0.15) is 5.75 Å². The molecule has 6 heteroatoms. The molecule has 0 atom stereocenters. The molecule has 6 nitrogen and oxygen atoms in total. The van der Waals surface area contributed by atoms with E-state index in [1.165, 1.54) is 0 Å². The standard InChI is InChI=1S/C20H25N5O/c1-6-26-18-8-7-16(9-14(18)4)19-15(5)10-21-20(24-19)23-17-11-22-25(12-17)13(2)3/h7-13H,6H2,1-5H3,(H,21,23,24). The first-order valence-corrected chi connectivity index (χ1v) is 8.86. The number of ether oxygens (including phenoxy) is 1. The highest BCUT2D eigenvalue weighted by molar-refractivity contribution is 5.66. The van der Waals surface area contributed by atoms with Gasteiger partial charge in [-0.25, -0.2) is 9.97 Å². The van der Waals surface area contributed by atoms with Crippen LogP contribution in [0, 0.1) is 13.8 Å². The summed E-state index contributed by atoms with van der Waals surface area (Å²) in [4.78, 5) is 9.11. The second-order valence-electron chi connectivity index (χ2n) is 6.57. The summed E-state index contributed by atoms with van der Waals surface area (Å²) in [6.45, 7) is 10.9. The summed E-state index contributed by atoms with van der Waals surface area (Å²) in [7, 11) is 0. The predicted octanol–water partition coefficient (Wildman–Crippen LogP) is 4.68. The van der Waals surface area contributed by atoms with Gasteiger partial charge >= 0.3 is 0 Å². The Bertz CT molecular complexity index is 901.